The van der Waals surface area contributed by atoms with Crippen LogP contribution in [0.5, 0.6) is 17.2 Å². The van der Waals surface area contributed by atoms with Crippen molar-refractivity contribution in [2.75, 3.05) is 33.0 Å². The summed E-state index contributed by atoms with van der Waals surface area (Å²) in [6.45, 7) is 9.47. The first-order valence-electron chi connectivity index (χ1n) is 13.8. The van der Waals surface area contributed by atoms with E-state index in [1.165, 1.54) is 0 Å². The van der Waals surface area contributed by atoms with E-state index in [0.717, 1.165) is 11.1 Å². The molecule has 0 atom stereocenters. The molecule has 0 unspecified atom stereocenters. The molecule has 0 heterocycles. The van der Waals surface area contributed by atoms with Crippen LogP contribution in [-0.2, 0) is 19.1 Å². The van der Waals surface area contributed by atoms with Crippen LogP contribution < -0.4 is 14.2 Å². The van der Waals surface area contributed by atoms with Crippen molar-refractivity contribution in [2.24, 2.45) is 0 Å². The molecule has 0 amide bonds. The summed E-state index contributed by atoms with van der Waals surface area (Å²) >= 11 is 0. The molecule has 3 aromatic rings. The van der Waals surface area contributed by atoms with Crippen LogP contribution in [0, 0.1) is 0 Å². The molecule has 0 aliphatic heterocycles. The smallest absolute Gasteiger partial charge is 0.343 e. The zero-order valence-electron chi connectivity index (χ0n) is 24.2. The van der Waals surface area contributed by atoms with Crippen molar-refractivity contribution in [3.05, 3.63) is 103 Å². The van der Waals surface area contributed by atoms with Gasteiger partial charge in [0.05, 0.1) is 44.2 Å². The Kier molecular flexibility index (Phi) is 13.0. The highest BCUT2D eigenvalue weighted by molar-refractivity contribution is 5.91. The Morgan fingerprint density at radius 1 is 0.628 bits per heavy atom. The molecule has 0 saturated carbocycles. The average molecular weight is 589 g/mol. The number of ether oxygens (including phenoxy) is 5. The van der Waals surface area contributed by atoms with Crippen LogP contribution in [0.3, 0.4) is 0 Å². The fourth-order valence-corrected chi connectivity index (χ4v) is 3.57. The predicted octanol–water partition coefficient (Wildman–Crippen LogP) is 5.71. The second-order valence-corrected chi connectivity index (χ2v) is 9.53. The van der Waals surface area contributed by atoms with E-state index in [9.17, 15) is 14.4 Å². The Bertz CT molecular complexity index is 1370. The maximum atomic E-state index is 12.6. The van der Waals surface area contributed by atoms with Crippen molar-refractivity contribution in [3.63, 3.8) is 0 Å². The van der Waals surface area contributed by atoms with E-state index in [-0.39, 0.29) is 18.8 Å². The quantitative estimate of drug-likeness (QED) is 0.0915. The van der Waals surface area contributed by atoms with Gasteiger partial charge in [0.25, 0.3) is 0 Å². The third kappa shape index (κ3) is 11.1. The second-order valence-electron chi connectivity index (χ2n) is 9.53. The fraction of sp³-hybridized carbons (Fsp3) is 0.265. The Labute approximate surface area is 251 Å². The first-order chi connectivity index (χ1) is 20.8. The lowest BCUT2D eigenvalue weighted by atomic mass is 10.0. The van der Waals surface area contributed by atoms with E-state index < -0.39 is 24.5 Å². The molecule has 3 aromatic carbocycles. The minimum atomic E-state index is -0.601. The normalized spacial score (nSPS) is 10.4. The third-order valence-electron chi connectivity index (χ3n) is 6.00. The Hall–Kier alpha value is -4.89. The lowest BCUT2D eigenvalue weighted by Crippen LogP contribution is -2.11. The van der Waals surface area contributed by atoms with Crippen LogP contribution in [-0.4, -0.2) is 56.0 Å². The van der Waals surface area contributed by atoms with Crippen molar-refractivity contribution in [2.45, 2.75) is 26.2 Å². The molecule has 0 aliphatic carbocycles. The Morgan fingerprint density at radius 2 is 1.09 bits per heavy atom. The van der Waals surface area contributed by atoms with Crippen molar-refractivity contribution in [1.82, 2.24) is 0 Å². The van der Waals surface area contributed by atoms with Gasteiger partial charge in [-0.3, -0.25) is 0 Å². The predicted molar refractivity (Wildman–Crippen MR) is 161 cm³/mol. The maximum Gasteiger partial charge on any atom is 0.343 e. The van der Waals surface area contributed by atoms with Gasteiger partial charge in [-0.2, -0.15) is 0 Å². The Balaban J connectivity index is 1.38. The van der Waals surface area contributed by atoms with E-state index >= 15 is 0 Å². The number of unbranched alkanes of at least 4 members (excludes halogenated alkanes) is 1. The number of hydrogen-bond acceptors (Lipinski definition) is 9. The largest absolute Gasteiger partial charge is 0.494 e. The van der Waals surface area contributed by atoms with Crippen LogP contribution in [0.25, 0.3) is 11.1 Å². The van der Waals surface area contributed by atoms with Crippen molar-refractivity contribution < 1.29 is 43.2 Å². The van der Waals surface area contributed by atoms with Gasteiger partial charge in [-0.25, -0.2) is 14.4 Å². The summed E-state index contributed by atoms with van der Waals surface area (Å²) in [5, 5.41) is 8.84. The first kappa shape index (κ1) is 32.6. The lowest BCUT2D eigenvalue weighted by Gasteiger charge is -2.09. The molecule has 0 fully saturated rings. The molecule has 9 nitrogen and oxygen atoms in total. The molecule has 0 bridgehead atoms. The van der Waals surface area contributed by atoms with E-state index in [4.69, 9.17) is 28.8 Å². The van der Waals surface area contributed by atoms with E-state index in [2.05, 4.69) is 13.2 Å². The molecule has 226 valence electrons. The van der Waals surface area contributed by atoms with E-state index in [0.29, 0.717) is 60.9 Å². The van der Waals surface area contributed by atoms with Crippen LogP contribution >= 0.6 is 0 Å². The number of hydrogen-bond donors (Lipinski definition) is 1. The first-order valence-corrected chi connectivity index (χ1v) is 13.8. The number of rotatable bonds is 17. The molecule has 43 heavy (non-hydrogen) atoms. The number of benzene rings is 3. The molecular weight excluding hydrogens is 552 g/mol. The molecular formula is C34H36O9. The minimum absolute atomic E-state index is 0.0255. The molecule has 0 spiro atoms. The number of aliphatic hydroxyl groups is 1. The van der Waals surface area contributed by atoms with Gasteiger partial charge < -0.3 is 28.8 Å². The van der Waals surface area contributed by atoms with Gasteiger partial charge in [0.2, 0.25) is 0 Å². The highest BCUT2D eigenvalue weighted by atomic mass is 16.5. The number of carbonyl (C=O) groups is 3. The minimum Gasteiger partial charge on any atom is -0.494 e. The number of aliphatic hydroxyl groups excluding tert-OH is 1. The molecule has 0 aromatic heterocycles. The molecule has 0 radical (unpaired) electrons. The van der Waals surface area contributed by atoms with Crippen LogP contribution in [0.4, 0.5) is 0 Å². The standard InChI is InChI=1S/C34H36O9/c1-24(2)32(36)41-22-6-21-40-29-13-11-27(12-14-29)26-7-9-28(10-8-26)34(38)43-31-17-15-30(16-18-31)39-19-4-5-20-42-33(37)25(3)23-35/h7-18,35H,1,3-6,19-23H2,2H3. The molecule has 1 N–H and O–H groups in total. The lowest BCUT2D eigenvalue weighted by molar-refractivity contribution is -0.140. The summed E-state index contributed by atoms with van der Waals surface area (Å²) < 4.78 is 26.9. The molecule has 3 rings (SSSR count). The highest BCUT2D eigenvalue weighted by Crippen LogP contribution is 2.24. The molecule has 9 heteroatoms. The van der Waals surface area contributed by atoms with Gasteiger partial charge in [0.15, 0.2) is 0 Å². The van der Waals surface area contributed by atoms with Gasteiger partial charge in [-0.1, -0.05) is 37.4 Å². The van der Waals surface area contributed by atoms with Gasteiger partial charge in [0.1, 0.15) is 17.2 Å². The molecule has 0 aliphatic rings. The summed E-state index contributed by atoms with van der Waals surface area (Å²) in [6.07, 6.45) is 1.85. The second kappa shape index (κ2) is 17.2. The number of esters is 3. The summed E-state index contributed by atoms with van der Waals surface area (Å²) in [5.74, 6) is 0.236. The van der Waals surface area contributed by atoms with Crippen LogP contribution in [0.1, 0.15) is 36.5 Å². The van der Waals surface area contributed by atoms with E-state index in [1.54, 1.807) is 43.3 Å². The number of carbonyl (C=O) groups excluding carboxylic acids is 3. The van der Waals surface area contributed by atoms with E-state index in [1.807, 2.05) is 36.4 Å². The topological polar surface area (TPSA) is 118 Å². The average Bonchev–Trinajstić information content (AvgIpc) is 3.03. The van der Waals surface area contributed by atoms with Gasteiger partial charge in [0, 0.05) is 12.0 Å². The van der Waals surface area contributed by atoms with Crippen molar-refractivity contribution >= 4 is 17.9 Å². The van der Waals surface area contributed by atoms with Gasteiger partial charge in [-0.15, -0.1) is 0 Å². The zero-order chi connectivity index (χ0) is 31.0. The van der Waals surface area contributed by atoms with Crippen molar-refractivity contribution in [3.8, 4) is 28.4 Å². The highest BCUT2D eigenvalue weighted by Gasteiger charge is 2.10. The van der Waals surface area contributed by atoms with Crippen molar-refractivity contribution in [1.29, 1.82) is 0 Å². The maximum absolute atomic E-state index is 12.6. The summed E-state index contributed by atoms with van der Waals surface area (Å²) in [4.78, 5) is 35.4. The summed E-state index contributed by atoms with van der Waals surface area (Å²) in [5.41, 5.74) is 2.71. The monoisotopic (exact) mass is 588 g/mol. The molecule has 0 saturated heterocycles. The van der Waals surface area contributed by atoms with Gasteiger partial charge >= 0.3 is 17.9 Å². The Morgan fingerprint density at radius 3 is 1.67 bits per heavy atom. The van der Waals surface area contributed by atoms with Crippen LogP contribution in [0.15, 0.2) is 97.1 Å². The zero-order valence-corrected chi connectivity index (χ0v) is 24.2. The summed E-state index contributed by atoms with van der Waals surface area (Å²) in [6, 6.07) is 21.4. The van der Waals surface area contributed by atoms with Crippen LogP contribution in [0.2, 0.25) is 0 Å². The summed E-state index contributed by atoms with van der Waals surface area (Å²) in [7, 11) is 0. The third-order valence-corrected chi connectivity index (χ3v) is 6.00. The van der Waals surface area contributed by atoms with Gasteiger partial charge in [-0.05, 0) is 79.4 Å². The fourth-order valence-electron chi connectivity index (χ4n) is 3.57. The SMILES string of the molecule is C=C(C)C(=O)OCCCOc1ccc(-c2ccc(C(=O)Oc3ccc(OCCCCOC(=O)C(=C)CO)cc3)cc2)cc1.